The smallest absolute Gasteiger partial charge is 0.871 e. The third-order valence-corrected chi connectivity index (χ3v) is 5.35. The fourth-order valence-electron chi connectivity index (χ4n) is 2.94. The quantitative estimate of drug-likeness (QED) is 0.199. The number of hydrogen-bond donors (Lipinski definition) is 2. The molecule has 11 heteroatoms. The first-order valence-electron chi connectivity index (χ1n) is 9.30. The molecule has 4 aromatic rings. The number of nitrogens with zero attached hydrogens (tertiary/aromatic N) is 4. The molecule has 4 rings (SSSR count). The Bertz CT molecular complexity index is 1460. The molecule has 0 atom stereocenters. The Labute approximate surface area is 211 Å². The molecule has 0 spiro atoms. The molecule has 0 heterocycles. The fraction of sp³-hybridized carbons (Fsp3) is 0. The van der Waals surface area contributed by atoms with Crippen molar-refractivity contribution in [3.63, 3.8) is 0 Å². The molecule has 0 aliphatic heterocycles. The summed E-state index contributed by atoms with van der Waals surface area (Å²) in [5, 5.41) is 29.3. The zero-order chi connectivity index (χ0) is 22.7. The second kappa shape index (κ2) is 10.2. The average molecular weight is 469 g/mol. The van der Waals surface area contributed by atoms with Gasteiger partial charge in [-0.3, -0.25) is 4.55 Å². The van der Waals surface area contributed by atoms with Crippen LogP contribution in [0.15, 0.2) is 104 Å². The van der Waals surface area contributed by atoms with Crippen LogP contribution in [0.4, 0.5) is 28.4 Å². The third kappa shape index (κ3) is 5.81. The van der Waals surface area contributed by atoms with E-state index in [1.54, 1.807) is 24.3 Å². The zero-order valence-corrected chi connectivity index (χ0v) is 20.3. The van der Waals surface area contributed by atoms with Crippen LogP contribution in [0.1, 0.15) is 0 Å². The summed E-state index contributed by atoms with van der Waals surface area (Å²) in [6.07, 6.45) is 0. The van der Waals surface area contributed by atoms with Crippen molar-refractivity contribution in [2.45, 2.75) is 4.90 Å². The largest absolute Gasteiger partial charge is 1.00 e. The average Bonchev–Trinajstić information content (AvgIpc) is 2.78. The van der Waals surface area contributed by atoms with E-state index in [9.17, 15) is 18.1 Å². The molecular weight excluding hydrogens is 453 g/mol. The monoisotopic (exact) mass is 469 g/mol. The fourth-order valence-corrected chi connectivity index (χ4v) is 3.59. The van der Waals surface area contributed by atoms with Gasteiger partial charge in [-0.1, -0.05) is 30.0 Å². The van der Waals surface area contributed by atoms with E-state index in [4.69, 9.17) is 5.73 Å². The van der Waals surface area contributed by atoms with Crippen molar-refractivity contribution in [2.24, 2.45) is 20.5 Å². The Kier molecular flexibility index (Phi) is 7.57. The number of azo groups is 2. The normalized spacial score (nSPS) is 11.8. The van der Waals surface area contributed by atoms with Gasteiger partial charge in [0.15, 0.2) is 0 Å². The molecule has 0 aromatic heterocycles. The van der Waals surface area contributed by atoms with Crippen LogP contribution in [0.2, 0.25) is 0 Å². The first kappa shape index (κ1) is 24.5. The van der Waals surface area contributed by atoms with Gasteiger partial charge < -0.3 is 10.8 Å². The van der Waals surface area contributed by atoms with E-state index in [1.165, 1.54) is 18.2 Å². The SMILES string of the molecule is Nc1ccc2cc(S(=O)(=O)O)c(N=Nc3ccc(N=Nc4ccccc4)cc3)c([O-])c2c1.[Na+]. The van der Waals surface area contributed by atoms with Crippen molar-refractivity contribution in [2.75, 3.05) is 5.73 Å². The maximum atomic E-state index is 12.8. The van der Waals surface area contributed by atoms with Gasteiger partial charge in [-0.25, -0.2) is 0 Å². The van der Waals surface area contributed by atoms with Crippen LogP contribution >= 0.6 is 0 Å². The van der Waals surface area contributed by atoms with Crippen molar-refractivity contribution >= 4 is 49.3 Å². The van der Waals surface area contributed by atoms with Crippen LogP contribution in [-0.2, 0) is 10.1 Å². The summed E-state index contributed by atoms with van der Waals surface area (Å²) in [6, 6.07) is 21.2. The van der Waals surface area contributed by atoms with Crippen molar-refractivity contribution in [3.05, 3.63) is 78.9 Å². The summed E-state index contributed by atoms with van der Waals surface area (Å²) in [6.45, 7) is 0. The van der Waals surface area contributed by atoms with E-state index in [0.29, 0.717) is 28.1 Å². The predicted molar refractivity (Wildman–Crippen MR) is 119 cm³/mol. The zero-order valence-electron chi connectivity index (χ0n) is 17.5. The van der Waals surface area contributed by atoms with Crippen molar-refractivity contribution in [1.82, 2.24) is 0 Å². The maximum Gasteiger partial charge on any atom is 1.00 e. The third-order valence-electron chi connectivity index (χ3n) is 4.49. The van der Waals surface area contributed by atoms with E-state index in [0.717, 1.165) is 6.07 Å². The van der Waals surface area contributed by atoms with E-state index in [-0.39, 0.29) is 34.9 Å². The number of nitrogens with two attached hydrogens (primary N) is 1. The van der Waals surface area contributed by atoms with E-state index >= 15 is 0 Å². The summed E-state index contributed by atoms with van der Waals surface area (Å²) in [7, 11) is -4.71. The Balaban J connectivity index is 0.00000306. The summed E-state index contributed by atoms with van der Waals surface area (Å²) in [5.74, 6) is -0.709. The molecule has 4 aromatic carbocycles. The molecular formula is C22H16N5NaO4S. The molecule has 33 heavy (non-hydrogen) atoms. The minimum Gasteiger partial charge on any atom is -0.871 e. The van der Waals surface area contributed by atoms with Gasteiger partial charge in [0.25, 0.3) is 10.1 Å². The van der Waals surface area contributed by atoms with Gasteiger partial charge in [-0.15, -0.1) is 5.11 Å². The summed E-state index contributed by atoms with van der Waals surface area (Å²) >= 11 is 0. The number of hydrogen-bond acceptors (Lipinski definition) is 8. The van der Waals surface area contributed by atoms with Gasteiger partial charge in [0.2, 0.25) is 0 Å². The molecule has 0 aliphatic carbocycles. The van der Waals surface area contributed by atoms with Crippen LogP contribution < -0.4 is 40.4 Å². The van der Waals surface area contributed by atoms with Crippen molar-refractivity contribution < 1.29 is 47.6 Å². The van der Waals surface area contributed by atoms with Gasteiger partial charge in [0.05, 0.1) is 22.7 Å². The molecule has 9 nitrogen and oxygen atoms in total. The Morgan fingerprint density at radius 2 is 1.30 bits per heavy atom. The van der Waals surface area contributed by atoms with Crippen molar-refractivity contribution in [1.29, 1.82) is 0 Å². The second-order valence-corrected chi connectivity index (χ2v) is 8.15. The van der Waals surface area contributed by atoms with E-state index < -0.39 is 26.5 Å². The van der Waals surface area contributed by atoms with Crippen molar-refractivity contribution in [3.8, 4) is 5.75 Å². The Morgan fingerprint density at radius 3 is 1.88 bits per heavy atom. The van der Waals surface area contributed by atoms with Crippen LogP contribution in [0.5, 0.6) is 5.75 Å². The number of nitrogen functional groups attached to an aromatic ring is 1. The van der Waals surface area contributed by atoms with E-state index in [2.05, 4.69) is 20.5 Å². The van der Waals surface area contributed by atoms with E-state index in [1.807, 2.05) is 30.3 Å². The minimum absolute atomic E-state index is 0. The van der Waals surface area contributed by atoms with Crippen LogP contribution in [-0.4, -0.2) is 13.0 Å². The summed E-state index contributed by atoms with van der Waals surface area (Å²) < 4.78 is 33.2. The molecule has 0 amide bonds. The van der Waals surface area contributed by atoms with Crippen LogP contribution in [0.25, 0.3) is 10.8 Å². The molecule has 0 radical (unpaired) electrons. The number of anilines is 1. The standard InChI is InChI=1S/C22H17N5O4S.Na/c23-15-7-6-14-12-20(32(29,30)31)21(22(28)19(14)13-15)27-26-18-10-8-17(9-11-18)25-24-16-4-2-1-3-5-16;/h1-13,28H,23H2,(H,29,30,31);/q;+1/p-1. The summed E-state index contributed by atoms with van der Waals surface area (Å²) in [4.78, 5) is -0.628. The number of fused-ring (bicyclic) bond motifs is 1. The van der Waals surface area contributed by atoms with Gasteiger partial charge in [0.1, 0.15) is 4.90 Å². The van der Waals surface area contributed by atoms with Gasteiger partial charge in [0, 0.05) is 5.69 Å². The Morgan fingerprint density at radius 1 is 0.758 bits per heavy atom. The maximum absolute atomic E-state index is 12.8. The molecule has 0 saturated heterocycles. The number of benzene rings is 4. The molecule has 0 aliphatic rings. The number of rotatable bonds is 5. The topological polar surface area (TPSA) is 153 Å². The molecule has 0 unspecified atom stereocenters. The van der Waals surface area contributed by atoms with Gasteiger partial charge >= 0.3 is 29.6 Å². The predicted octanol–water partition coefficient (Wildman–Crippen LogP) is 2.58. The van der Waals surface area contributed by atoms with Crippen LogP contribution in [0.3, 0.4) is 0 Å². The Hall–Kier alpha value is -3.15. The molecule has 3 N–H and O–H groups in total. The first-order chi connectivity index (χ1) is 15.3. The molecule has 0 bridgehead atoms. The minimum atomic E-state index is -4.71. The van der Waals surface area contributed by atoms with Gasteiger partial charge in [-0.05, 0) is 65.4 Å². The molecule has 0 fully saturated rings. The van der Waals surface area contributed by atoms with Gasteiger partial charge in [-0.2, -0.15) is 23.8 Å². The first-order valence-corrected chi connectivity index (χ1v) is 10.7. The molecule has 160 valence electrons. The molecule has 0 saturated carbocycles. The van der Waals surface area contributed by atoms with Crippen LogP contribution in [0, 0.1) is 0 Å². The summed E-state index contributed by atoms with van der Waals surface area (Å²) in [5.41, 5.74) is 7.17. The second-order valence-electron chi connectivity index (χ2n) is 6.76.